The number of halogens is 3. The molecule has 0 aromatic heterocycles. The van der Waals surface area contributed by atoms with Crippen molar-refractivity contribution in [3.8, 4) is 0 Å². The summed E-state index contributed by atoms with van der Waals surface area (Å²) in [6, 6.07) is 13.5. The lowest BCUT2D eigenvalue weighted by Gasteiger charge is -2.22. The van der Waals surface area contributed by atoms with Crippen LogP contribution in [0.5, 0.6) is 0 Å². The zero-order valence-corrected chi connectivity index (χ0v) is 12.0. The first kappa shape index (κ1) is 15.4. The molecule has 21 heavy (non-hydrogen) atoms. The van der Waals surface area contributed by atoms with Crippen LogP contribution in [-0.2, 0) is 0 Å². The molecule has 0 aliphatic heterocycles. The molecular weight excluding hydrogens is 275 g/mol. The Morgan fingerprint density at radius 1 is 0.952 bits per heavy atom. The number of hydrogen-bond acceptors (Lipinski definition) is 1. The van der Waals surface area contributed by atoms with E-state index in [1.54, 1.807) is 30.3 Å². The molecule has 1 nitrogen and oxygen atoms in total. The first-order valence-corrected chi connectivity index (χ1v) is 6.80. The Kier molecular flexibility index (Phi) is 4.56. The highest BCUT2D eigenvalue weighted by Gasteiger charge is 2.32. The van der Waals surface area contributed by atoms with E-state index >= 15 is 0 Å². The number of rotatable bonds is 4. The summed E-state index contributed by atoms with van der Waals surface area (Å²) in [5.74, 6) is 0. The van der Waals surface area contributed by atoms with Crippen molar-refractivity contribution in [1.82, 2.24) is 0 Å². The molecule has 0 aliphatic rings. The highest BCUT2D eigenvalue weighted by molar-refractivity contribution is 5.49. The van der Waals surface area contributed by atoms with Gasteiger partial charge in [0.1, 0.15) is 0 Å². The van der Waals surface area contributed by atoms with Crippen LogP contribution < -0.4 is 5.32 Å². The fourth-order valence-corrected chi connectivity index (χ4v) is 2.20. The SMILES string of the molecule is Cc1ccc(NC(CC(F)(F)F)c2ccccc2)cc1C. The molecule has 1 unspecified atom stereocenters. The predicted molar refractivity (Wildman–Crippen MR) is 79.4 cm³/mol. The van der Waals surface area contributed by atoms with Gasteiger partial charge in [-0.1, -0.05) is 36.4 Å². The summed E-state index contributed by atoms with van der Waals surface area (Å²) < 4.78 is 38.4. The smallest absolute Gasteiger partial charge is 0.378 e. The van der Waals surface area contributed by atoms with Crippen LogP contribution in [0.4, 0.5) is 18.9 Å². The summed E-state index contributed by atoms with van der Waals surface area (Å²) in [5.41, 5.74) is 3.51. The van der Waals surface area contributed by atoms with Crippen molar-refractivity contribution in [1.29, 1.82) is 0 Å². The van der Waals surface area contributed by atoms with E-state index in [1.807, 2.05) is 32.0 Å². The Hall–Kier alpha value is -1.97. The van der Waals surface area contributed by atoms with Gasteiger partial charge in [0.2, 0.25) is 0 Å². The monoisotopic (exact) mass is 293 g/mol. The maximum atomic E-state index is 12.8. The van der Waals surface area contributed by atoms with E-state index in [-0.39, 0.29) is 0 Å². The number of aryl methyl sites for hydroxylation is 2. The van der Waals surface area contributed by atoms with Gasteiger partial charge in [0.05, 0.1) is 12.5 Å². The van der Waals surface area contributed by atoms with Gasteiger partial charge in [0.15, 0.2) is 0 Å². The minimum absolute atomic E-state index is 0.632. The lowest BCUT2D eigenvalue weighted by Crippen LogP contribution is -2.20. The lowest BCUT2D eigenvalue weighted by molar-refractivity contribution is -0.137. The van der Waals surface area contributed by atoms with Gasteiger partial charge in [-0.2, -0.15) is 13.2 Å². The van der Waals surface area contributed by atoms with Crippen LogP contribution in [-0.4, -0.2) is 6.18 Å². The molecule has 0 amide bonds. The zero-order chi connectivity index (χ0) is 15.5. The fraction of sp³-hybridized carbons (Fsp3) is 0.294. The zero-order valence-electron chi connectivity index (χ0n) is 12.0. The largest absolute Gasteiger partial charge is 0.391 e. The molecule has 0 aliphatic carbocycles. The van der Waals surface area contributed by atoms with E-state index in [0.717, 1.165) is 11.1 Å². The molecule has 0 heterocycles. The van der Waals surface area contributed by atoms with E-state index in [4.69, 9.17) is 0 Å². The summed E-state index contributed by atoms with van der Waals surface area (Å²) in [4.78, 5) is 0. The summed E-state index contributed by atoms with van der Waals surface area (Å²) >= 11 is 0. The van der Waals surface area contributed by atoms with Crippen molar-refractivity contribution in [3.63, 3.8) is 0 Å². The number of benzene rings is 2. The second-order valence-corrected chi connectivity index (χ2v) is 5.23. The molecule has 0 bridgehead atoms. The molecule has 0 fully saturated rings. The Labute approximate surface area is 122 Å². The summed E-state index contributed by atoms with van der Waals surface area (Å²) in [7, 11) is 0. The van der Waals surface area contributed by atoms with Crippen molar-refractivity contribution in [2.75, 3.05) is 5.32 Å². The second kappa shape index (κ2) is 6.20. The molecule has 0 radical (unpaired) electrons. The van der Waals surface area contributed by atoms with E-state index in [1.165, 1.54) is 0 Å². The molecule has 1 atom stereocenters. The molecule has 1 N–H and O–H groups in total. The van der Waals surface area contributed by atoms with Gasteiger partial charge in [-0.3, -0.25) is 0 Å². The molecular formula is C17H18F3N. The van der Waals surface area contributed by atoms with Gasteiger partial charge in [-0.15, -0.1) is 0 Å². The molecule has 2 aromatic rings. The van der Waals surface area contributed by atoms with E-state index < -0.39 is 18.6 Å². The van der Waals surface area contributed by atoms with Crippen LogP contribution in [0.25, 0.3) is 0 Å². The van der Waals surface area contributed by atoms with Gasteiger partial charge < -0.3 is 5.32 Å². The summed E-state index contributed by atoms with van der Waals surface area (Å²) in [6.07, 6.45) is -5.11. The van der Waals surface area contributed by atoms with Crippen molar-refractivity contribution < 1.29 is 13.2 Å². The van der Waals surface area contributed by atoms with Gasteiger partial charge in [-0.25, -0.2) is 0 Å². The highest BCUT2D eigenvalue weighted by atomic mass is 19.4. The topological polar surface area (TPSA) is 12.0 Å². The Balaban J connectivity index is 2.25. The third-order valence-electron chi connectivity index (χ3n) is 3.49. The Bertz CT molecular complexity index is 591. The minimum Gasteiger partial charge on any atom is -0.378 e. The molecule has 0 saturated heterocycles. The van der Waals surface area contributed by atoms with Crippen molar-refractivity contribution in [2.45, 2.75) is 32.5 Å². The average molecular weight is 293 g/mol. The van der Waals surface area contributed by atoms with Crippen LogP contribution in [0.3, 0.4) is 0 Å². The van der Waals surface area contributed by atoms with Crippen molar-refractivity contribution in [2.24, 2.45) is 0 Å². The molecule has 0 spiro atoms. The predicted octanol–water partition coefficient (Wildman–Crippen LogP) is 5.41. The maximum Gasteiger partial charge on any atom is 0.391 e. The molecule has 2 rings (SSSR count). The first-order valence-electron chi connectivity index (χ1n) is 6.80. The lowest BCUT2D eigenvalue weighted by atomic mass is 10.0. The Morgan fingerprint density at radius 3 is 2.19 bits per heavy atom. The van der Waals surface area contributed by atoms with Crippen molar-refractivity contribution in [3.05, 3.63) is 65.2 Å². The standard InChI is InChI=1S/C17H18F3N/c1-12-8-9-15(10-13(12)2)21-16(11-17(18,19)20)14-6-4-3-5-7-14/h3-10,16,21H,11H2,1-2H3. The second-order valence-electron chi connectivity index (χ2n) is 5.23. The number of hydrogen-bond donors (Lipinski definition) is 1. The summed E-state index contributed by atoms with van der Waals surface area (Å²) in [6.45, 7) is 3.92. The van der Waals surface area contributed by atoms with E-state index in [9.17, 15) is 13.2 Å². The number of alkyl halides is 3. The third-order valence-corrected chi connectivity index (χ3v) is 3.49. The number of anilines is 1. The van der Waals surface area contributed by atoms with E-state index in [0.29, 0.717) is 11.3 Å². The van der Waals surface area contributed by atoms with Crippen LogP contribution in [0.2, 0.25) is 0 Å². The maximum absolute atomic E-state index is 12.8. The van der Waals surface area contributed by atoms with Gasteiger partial charge in [-0.05, 0) is 42.7 Å². The first-order chi connectivity index (χ1) is 9.85. The molecule has 112 valence electrons. The normalized spacial score (nSPS) is 13.0. The average Bonchev–Trinajstić information content (AvgIpc) is 2.42. The van der Waals surface area contributed by atoms with Crippen LogP contribution in [0.1, 0.15) is 29.2 Å². The van der Waals surface area contributed by atoms with Gasteiger partial charge in [0.25, 0.3) is 0 Å². The highest BCUT2D eigenvalue weighted by Crippen LogP contribution is 2.32. The van der Waals surface area contributed by atoms with Crippen LogP contribution >= 0.6 is 0 Å². The number of nitrogens with one attached hydrogen (secondary N) is 1. The Morgan fingerprint density at radius 2 is 1.62 bits per heavy atom. The molecule has 4 heteroatoms. The third kappa shape index (κ3) is 4.52. The van der Waals surface area contributed by atoms with E-state index in [2.05, 4.69) is 5.32 Å². The van der Waals surface area contributed by atoms with Crippen LogP contribution in [0.15, 0.2) is 48.5 Å². The fourth-order valence-electron chi connectivity index (χ4n) is 2.20. The quantitative estimate of drug-likeness (QED) is 0.794. The summed E-state index contributed by atoms with van der Waals surface area (Å²) in [5, 5.41) is 3.00. The molecule has 0 saturated carbocycles. The van der Waals surface area contributed by atoms with Gasteiger partial charge in [0, 0.05) is 5.69 Å². The van der Waals surface area contributed by atoms with Crippen LogP contribution in [0, 0.1) is 13.8 Å². The van der Waals surface area contributed by atoms with Gasteiger partial charge >= 0.3 is 6.18 Å². The molecule has 2 aromatic carbocycles. The van der Waals surface area contributed by atoms with Crippen molar-refractivity contribution >= 4 is 5.69 Å². The minimum atomic E-state index is -4.22.